The highest BCUT2D eigenvalue weighted by atomic mass is 79.9. The van der Waals surface area contributed by atoms with Gasteiger partial charge in [0.15, 0.2) is 15.4 Å². The van der Waals surface area contributed by atoms with Crippen molar-refractivity contribution < 1.29 is 4.79 Å². The van der Waals surface area contributed by atoms with E-state index in [4.69, 9.17) is 15.7 Å². The normalized spacial score (nSPS) is 13.9. The lowest BCUT2D eigenvalue weighted by Crippen LogP contribution is -2.48. The van der Waals surface area contributed by atoms with Crippen molar-refractivity contribution >= 4 is 50.2 Å². The Morgan fingerprint density at radius 3 is 2.40 bits per heavy atom. The predicted molar refractivity (Wildman–Crippen MR) is 173 cm³/mol. The Morgan fingerprint density at radius 2 is 1.67 bits per heavy atom. The number of nitrogen functional groups attached to an aromatic ring is 1. The Bertz CT molecular complexity index is 1910. The second-order valence-electron chi connectivity index (χ2n) is 10.3. The molecule has 0 radical (unpaired) electrons. The number of amides is 1. The number of nitrogens with zero attached hydrogens (tertiary/aromatic N) is 7. The number of benzene rings is 2. The quantitative estimate of drug-likeness (QED) is 0.239. The number of imidazole rings is 1. The number of carbonyl (C=O) groups excluding carboxylic acids is 1. The van der Waals surface area contributed by atoms with Crippen LogP contribution < -0.4 is 5.73 Å². The van der Waals surface area contributed by atoms with Crippen LogP contribution in [-0.2, 0) is 6.54 Å². The van der Waals surface area contributed by atoms with Gasteiger partial charge in [-0.25, -0.2) is 19.9 Å². The van der Waals surface area contributed by atoms with E-state index in [0.717, 1.165) is 57.2 Å². The van der Waals surface area contributed by atoms with Crippen LogP contribution in [0.1, 0.15) is 15.2 Å². The minimum Gasteiger partial charge on any atom is -0.383 e. The Hall–Kier alpha value is -4.45. The van der Waals surface area contributed by atoms with Gasteiger partial charge in [0.05, 0.1) is 17.5 Å². The van der Waals surface area contributed by atoms with Crippen molar-refractivity contribution in [2.75, 3.05) is 31.9 Å². The summed E-state index contributed by atoms with van der Waals surface area (Å²) in [5.41, 5.74) is 12.6. The molecule has 1 aliphatic heterocycles. The van der Waals surface area contributed by atoms with Crippen molar-refractivity contribution in [1.82, 2.24) is 34.3 Å². The van der Waals surface area contributed by atoms with Gasteiger partial charge in [0, 0.05) is 50.2 Å². The molecule has 214 valence electrons. The standard InChI is InChI=1S/C32H27BrN8OS/c33-32-36-19-27(43-32)31(42)40-17-15-39(16-18-40)20-21-8-10-23(11-9-21)41-29(24-7-4-14-35-28(24)34)38-26-13-12-25(37-30(26)41)22-5-2-1-3-6-22/h1-14,19H,15-18,20H2,(H2,34,35). The van der Waals surface area contributed by atoms with Gasteiger partial charge >= 0.3 is 0 Å². The average molecular weight is 652 g/mol. The molecule has 0 atom stereocenters. The van der Waals surface area contributed by atoms with Crippen LogP contribution in [0, 0.1) is 0 Å². The van der Waals surface area contributed by atoms with Gasteiger partial charge in [-0.2, -0.15) is 0 Å². The van der Waals surface area contributed by atoms with Crippen molar-refractivity contribution in [3.63, 3.8) is 0 Å². The fourth-order valence-electron chi connectivity index (χ4n) is 5.38. The lowest BCUT2D eigenvalue weighted by Gasteiger charge is -2.34. The van der Waals surface area contributed by atoms with E-state index in [1.807, 2.05) is 47.4 Å². The molecule has 0 bridgehead atoms. The zero-order valence-corrected chi connectivity index (χ0v) is 25.5. The second-order valence-corrected chi connectivity index (χ2v) is 12.6. The van der Waals surface area contributed by atoms with E-state index < -0.39 is 0 Å². The number of hydrogen-bond acceptors (Lipinski definition) is 8. The molecule has 0 aliphatic carbocycles. The van der Waals surface area contributed by atoms with Crippen LogP contribution in [0.5, 0.6) is 0 Å². The monoisotopic (exact) mass is 650 g/mol. The largest absolute Gasteiger partial charge is 0.383 e. The number of carbonyl (C=O) groups is 1. The summed E-state index contributed by atoms with van der Waals surface area (Å²) in [7, 11) is 0. The van der Waals surface area contributed by atoms with Gasteiger partial charge < -0.3 is 10.6 Å². The number of pyridine rings is 2. The fourth-order valence-corrected chi connectivity index (χ4v) is 6.62. The molecule has 7 rings (SSSR count). The molecule has 4 aromatic heterocycles. The smallest absolute Gasteiger partial charge is 0.265 e. The van der Waals surface area contributed by atoms with E-state index in [-0.39, 0.29) is 5.91 Å². The summed E-state index contributed by atoms with van der Waals surface area (Å²) in [5.74, 6) is 1.16. The third-order valence-electron chi connectivity index (χ3n) is 7.60. The first kappa shape index (κ1) is 27.4. The fraction of sp³-hybridized carbons (Fsp3) is 0.156. The summed E-state index contributed by atoms with van der Waals surface area (Å²) >= 11 is 4.72. The van der Waals surface area contributed by atoms with Crippen LogP contribution >= 0.6 is 27.3 Å². The van der Waals surface area contributed by atoms with Crippen LogP contribution in [0.25, 0.3) is 39.5 Å². The van der Waals surface area contributed by atoms with E-state index in [1.165, 1.54) is 16.9 Å². The number of fused-ring (bicyclic) bond motifs is 1. The van der Waals surface area contributed by atoms with Gasteiger partial charge in [0.25, 0.3) is 5.91 Å². The van der Waals surface area contributed by atoms with Crippen LogP contribution in [0.15, 0.2) is 95.2 Å². The van der Waals surface area contributed by atoms with Crippen LogP contribution in [0.3, 0.4) is 0 Å². The Morgan fingerprint density at radius 1 is 0.884 bits per heavy atom. The highest BCUT2D eigenvalue weighted by Crippen LogP contribution is 2.32. The van der Waals surface area contributed by atoms with Crippen molar-refractivity contribution in [2.45, 2.75) is 6.54 Å². The van der Waals surface area contributed by atoms with E-state index in [0.29, 0.717) is 29.6 Å². The number of hydrogen-bond donors (Lipinski definition) is 1. The van der Waals surface area contributed by atoms with E-state index in [2.05, 4.69) is 71.8 Å². The number of halogens is 1. The highest BCUT2D eigenvalue weighted by Gasteiger charge is 2.24. The van der Waals surface area contributed by atoms with Gasteiger partial charge in [-0.3, -0.25) is 14.3 Å². The maximum atomic E-state index is 12.8. The summed E-state index contributed by atoms with van der Waals surface area (Å²) in [6.07, 6.45) is 3.32. The SMILES string of the molecule is Nc1ncccc1-c1nc2ccc(-c3ccccc3)nc2n1-c1ccc(CN2CCN(C(=O)c3cnc(Br)s3)CC2)cc1. The van der Waals surface area contributed by atoms with Crippen LogP contribution in [-0.4, -0.2) is 66.4 Å². The third kappa shape index (κ3) is 5.54. The van der Waals surface area contributed by atoms with Crippen LogP contribution in [0.4, 0.5) is 5.82 Å². The van der Waals surface area contributed by atoms with E-state index in [9.17, 15) is 4.79 Å². The molecular weight excluding hydrogens is 624 g/mol. The highest BCUT2D eigenvalue weighted by molar-refractivity contribution is 9.11. The molecule has 9 nitrogen and oxygen atoms in total. The van der Waals surface area contributed by atoms with Crippen LogP contribution in [0.2, 0.25) is 0 Å². The number of piperazine rings is 1. The number of thiazole rings is 1. The second kappa shape index (κ2) is 11.7. The van der Waals surface area contributed by atoms with Gasteiger partial charge in [0.1, 0.15) is 16.2 Å². The summed E-state index contributed by atoms with van der Waals surface area (Å²) in [5, 5.41) is 0. The molecule has 43 heavy (non-hydrogen) atoms. The molecule has 1 amide bonds. The molecule has 2 N–H and O–H groups in total. The molecule has 2 aromatic carbocycles. The predicted octanol–water partition coefficient (Wildman–Crippen LogP) is 5.91. The molecule has 0 saturated carbocycles. The average Bonchev–Trinajstić information content (AvgIpc) is 3.65. The van der Waals surface area contributed by atoms with Gasteiger partial charge in [-0.15, -0.1) is 11.3 Å². The Labute approximate surface area is 260 Å². The molecule has 1 fully saturated rings. The zero-order chi connectivity index (χ0) is 29.3. The summed E-state index contributed by atoms with van der Waals surface area (Å²) < 4.78 is 2.78. The minimum absolute atomic E-state index is 0.0499. The Balaban J connectivity index is 1.15. The maximum Gasteiger partial charge on any atom is 0.265 e. The number of rotatable bonds is 6. The number of nitrogens with two attached hydrogens (primary N) is 1. The zero-order valence-electron chi connectivity index (χ0n) is 23.1. The first-order valence-electron chi connectivity index (χ1n) is 13.9. The first-order valence-corrected chi connectivity index (χ1v) is 15.5. The maximum absolute atomic E-state index is 12.8. The molecule has 6 aromatic rings. The van der Waals surface area contributed by atoms with Gasteiger partial charge in [-0.1, -0.05) is 42.5 Å². The first-order chi connectivity index (χ1) is 21.0. The van der Waals surface area contributed by atoms with Crippen molar-refractivity contribution in [2.24, 2.45) is 0 Å². The van der Waals surface area contributed by atoms with E-state index in [1.54, 1.807) is 12.4 Å². The minimum atomic E-state index is 0.0499. The molecule has 1 saturated heterocycles. The van der Waals surface area contributed by atoms with Gasteiger partial charge in [-0.05, 0) is 57.9 Å². The molecule has 5 heterocycles. The summed E-state index contributed by atoms with van der Waals surface area (Å²) in [6, 6.07) is 26.4. The summed E-state index contributed by atoms with van der Waals surface area (Å²) in [4.78, 5) is 36.2. The molecule has 1 aliphatic rings. The lowest BCUT2D eigenvalue weighted by molar-refractivity contribution is 0.0633. The number of aromatic nitrogens is 5. The Kier molecular flexibility index (Phi) is 7.44. The lowest BCUT2D eigenvalue weighted by atomic mass is 10.1. The molecule has 11 heteroatoms. The molecule has 0 spiro atoms. The molecular formula is C32H27BrN8OS. The van der Waals surface area contributed by atoms with Crippen molar-refractivity contribution in [3.05, 3.63) is 106 Å². The van der Waals surface area contributed by atoms with Crippen molar-refractivity contribution in [3.8, 4) is 28.3 Å². The topological polar surface area (TPSA) is 106 Å². The summed E-state index contributed by atoms with van der Waals surface area (Å²) in [6.45, 7) is 3.82. The van der Waals surface area contributed by atoms with E-state index >= 15 is 0 Å². The third-order valence-corrected chi connectivity index (χ3v) is 9.07. The molecule has 0 unspecified atom stereocenters. The number of anilines is 1. The van der Waals surface area contributed by atoms with Gasteiger partial charge in [0.2, 0.25) is 0 Å². The van der Waals surface area contributed by atoms with Crippen molar-refractivity contribution in [1.29, 1.82) is 0 Å².